The van der Waals surface area contributed by atoms with Gasteiger partial charge < -0.3 is 0 Å². The van der Waals surface area contributed by atoms with E-state index in [9.17, 15) is 4.79 Å². The van der Waals surface area contributed by atoms with Gasteiger partial charge in [0.2, 0.25) is 0 Å². The molecule has 1 aromatic carbocycles. The maximum absolute atomic E-state index is 11.2. The third-order valence-corrected chi connectivity index (χ3v) is 1.66. The molecule has 1 aromatic rings. The minimum absolute atomic E-state index is 0. The zero-order valence-corrected chi connectivity index (χ0v) is 8.92. The molecule has 0 bridgehead atoms. The van der Waals surface area contributed by atoms with Gasteiger partial charge in [0.25, 0.3) is 0 Å². The molecule has 0 amide bonds. The molecule has 0 aliphatic heterocycles. The first-order chi connectivity index (χ1) is 6.24. The van der Waals surface area contributed by atoms with E-state index in [-0.39, 0.29) is 7.21 Å². The molecule has 0 aliphatic rings. The van der Waals surface area contributed by atoms with Gasteiger partial charge in [0.15, 0.2) is 5.78 Å². The smallest absolute Gasteiger partial charge is 0.162 e. The first-order valence-corrected chi connectivity index (χ1v) is 4.84. The third kappa shape index (κ3) is 3.88. The average Bonchev–Trinajstić information content (AvgIpc) is 2.20. The van der Waals surface area contributed by atoms with Gasteiger partial charge in [0.1, 0.15) is 0 Å². The summed E-state index contributed by atoms with van der Waals surface area (Å²) in [5, 5.41) is 0. The molecule has 0 aromatic heterocycles. The van der Waals surface area contributed by atoms with E-state index in [2.05, 4.69) is 0 Å². The van der Waals surface area contributed by atoms with Crippen molar-refractivity contribution < 1.29 is 6.22 Å². The topological polar surface area (TPSA) is 17.1 Å². The Morgan fingerprint density at radius 3 is 2.46 bits per heavy atom. The molecule has 0 saturated carbocycles. The normalized spacial score (nSPS) is 8.62. The fourth-order valence-corrected chi connectivity index (χ4v) is 1.02. The van der Waals surface area contributed by atoms with Crippen LogP contribution in [0.4, 0.5) is 0 Å². The van der Waals surface area contributed by atoms with E-state index in [0.29, 0.717) is 6.42 Å². The lowest BCUT2D eigenvalue weighted by Gasteiger charge is -1.97. The highest BCUT2D eigenvalue weighted by Crippen LogP contribution is 2.05. The summed E-state index contributed by atoms with van der Waals surface area (Å²) >= 11 is 0. The molecule has 0 radical (unpaired) electrons. The van der Waals surface area contributed by atoms with Gasteiger partial charge in [-0.2, -0.15) is 0 Å². The molecule has 0 fully saturated rings. The minimum Gasteiger partial charge on any atom is -0.294 e. The Kier molecular flexibility index (Phi) is 5.86. The molecule has 1 heteroatoms. The fourth-order valence-electron chi connectivity index (χ4n) is 1.02. The highest BCUT2D eigenvalue weighted by molar-refractivity contribution is 5.95. The Morgan fingerprint density at radius 1 is 1.38 bits per heavy atom. The molecule has 0 heterocycles. The van der Waals surface area contributed by atoms with E-state index in [1.807, 2.05) is 52.0 Å². The first-order valence-electron chi connectivity index (χ1n) is 4.84. The number of hydrogen-bond acceptors (Lipinski definition) is 1. The van der Waals surface area contributed by atoms with E-state index < -0.39 is 0 Å². The van der Waals surface area contributed by atoms with Crippen LogP contribution in [0.5, 0.6) is 0 Å². The van der Waals surface area contributed by atoms with Gasteiger partial charge >= 0.3 is 0 Å². The van der Waals surface area contributed by atoms with E-state index in [1.54, 1.807) is 0 Å². The predicted molar refractivity (Wildman–Crippen MR) is 59.3 cm³/mol. The van der Waals surface area contributed by atoms with Crippen molar-refractivity contribution >= 4 is 5.78 Å². The van der Waals surface area contributed by atoms with Crippen LogP contribution in [0.25, 0.3) is 0 Å². The van der Waals surface area contributed by atoms with Gasteiger partial charge in [-0.15, -0.1) is 0 Å². The summed E-state index contributed by atoms with van der Waals surface area (Å²) in [6, 6.07) is 7.69. The summed E-state index contributed by atoms with van der Waals surface area (Å²) in [7, 11) is 0. The van der Waals surface area contributed by atoms with Crippen LogP contribution in [-0.2, 0) is 0 Å². The van der Waals surface area contributed by atoms with Crippen LogP contribution in [0.15, 0.2) is 24.3 Å². The van der Waals surface area contributed by atoms with Crippen molar-refractivity contribution in [1.82, 2.24) is 0 Å². The highest BCUT2D eigenvalue weighted by atomic mass is 16.1. The molecule has 74 valence electrons. The van der Waals surface area contributed by atoms with Crippen molar-refractivity contribution in [3.8, 4) is 0 Å². The van der Waals surface area contributed by atoms with Crippen LogP contribution >= 0.6 is 0 Å². The van der Waals surface area contributed by atoms with Crippen LogP contribution in [0.2, 0.25) is 0 Å². The highest BCUT2D eigenvalue weighted by Gasteiger charge is 2.00. The second kappa shape index (κ2) is 6.41. The van der Waals surface area contributed by atoms with Crippen molar-refractivity contribution in [2.75, 3.05) is 0 Å². The van der Waals surface area contributed by atoms with Crippen LogP contribution < -0.4 is 0 Å². The number of rotatable bonds is 2. The number of carbonyl (C=O) groups is 1. The molecule has 13 heavy (non-hydrogen) atoms. The summed E-state index contributed by atoms with van der Waals surface area (Å²) in [6.07, 6.45) is 0.587. The Balaban J connectivity index is 0. The van der Waals surface area contributed by atoms with E-state index in [0.717, 1.165) is 11.1 Å². The van der Waals surface area contributed by atoms with Crippen molar-refractivity contribution in [2.45, 2.75) is 34.1 Å². The second-order valence-electron chi connectivity index (χ2n) is 2.65. The van der Waals surface area contributed by atoms with Gasteiger partial charge in [-0.25, -0.2) is 0 Å². The first kappa shape index (κ1) is 11.9. The summed E-state index contributed by atoms with van der Waals surface area (Å²) in [6.45, 7) is 7.87. The summed E-state index contributed by atoms with van der Waals surface area (Å²) in [4.78, 5) is 11.2. The van der Waals surface area contributed by atoms with E-state index in [1.165, 1.54) is 0 Å². The van der Waals surface area contributed by atoms with Gasteiger partial charge in [-0.05, 0) is 13.0 Å². The lowest BCUT2D eigenvalue weighted by Crippen LogP contribution is -1.95. The summed E-state index contributed by atoms with van der Waals surface area (Å²) < 4.78 is 0. The molecule has 0 unspecified atom stereocenters. The molecule has 0 aliphatic carbocycles. The number of aryl methyl sites for hydroxylation is 1. The number of hydrogen-bond donors (Lipinski definition) is 0. The van der Waals surface area contributed by atoms with Crippen LogP contribution in [0.1, 0.15) is 44.5 Å². The Morgan fingerprint density at radius 2 is 2.00 bits per heavy atom. The molecule has 1 rings (SSSR count). The molecule has 0 spiro atoms. The van der Waals surface area contributed by atoms with E-state index >= 15 is 0 Å². The zero-order chi connectivity index (χ0) is 10.3. The summed E-state index contributed by atoms with van der Waals surface area (Å²) in [5.74, 6) is 0.216. The van der Waals surface area contributed by atoms with Gasteiger partial charge in [0, 0.05) is 13.4 Å². The standard InChI is InChI=1S/C10H12O.C2H6.H2/c1-3-10(11)9-6-4-5-8(2)7-9;1-2;/h4-7H,3H2,1-2H3;1-2H3;1H. The maximum atomic E-state index is 11.2. The maximum Gasteiger partial charge on any atom is 0.162 e. The zero-order valence-electron chi connectivity index (χ0n) is 8.92. The van der Waals surface area contributed by atoms with Crippen molar-refractivity contribution in [3.05, 3.63) is 35.4 Å². The van der Waals surface area contributed by atoms with Gasteiger partial charge in [-0.1, -0.05) is 44.5 Å². The quantitative estimate of drug-likeness (QED) is 0.631. The molecule has 0 saturated heterocycles. The van der Waals surface area contributed by atoms with Crippen molar-refractivity contribution in [1.29, 1.82) is 0 Å². The van der Waals surface area contributed by atoms with Gasteiger partial charge in [-0.3, -0.25) is 4.79 Å². The Labute approximate surface area is 82.3 Å². The molecular formula is C12H20O. The van der Waals surface area contributed by atoms with Crippen LogP contribution in [0, 0.1) is 6.92 Å². The fraction of sp³-hybridized carbons (Fsp3) is 0.417. The number of carbonyl (C=O) groups excluding carboxylic acids is 1. The van der Waals surface area contributed by atoms with Gasteiger partial charge in [0.05, 0.1) is 0 Å². The third-order valence-electron chi connectivity index (χ3n) is 1.66. The largest absolute Gasteiger partial charge is 0.294 e. The molecule has 0 N–H and O–H groups in total. The number of benzene rings is 1. The Bertz CT molecular complexity index is 269. The SMILES string of the molecule is CC.CCC(=O)c1cccc(C)c1.[HH]. The average molecular weight is 180 g/mol. The van der Waals surface area contributed by atoms with Crippen LogP contribution in [0.3, 0.4) is 0 Å². The van der Waals surface area contributed by atoms with Crippen molar-refractivity contribution in [2.24, 2.45) is 0 Å². The lowest BCUT2D eigenvalue weighted by atomic mass is 10.1. The minimum atomic E-state index is 0. The molecule has 1 nitrogen and oxygen atoms in total. The predicted octanol–water partition coefficient (Wildman–Crippen LogP) is 3.86. The van der Waals surface area contributed by atoms with Crippen molar-refractivity contribution in [3.63, 3.8) is 0 Å². The second-order valence-corrected chi connectivity index (χ2v) is 2.65. The monoisotopic (exact) mass is 180 g/mol. The molecule has 0 atom stereocenters. The van der Waals surface area contributed by atoms with Crippen LogP contribution in [-0.4, -0.2) is 5.78 Å². The number of ketones is 1. The Hall–Kier alpha value is -1.11. The molecular weight excluding hydrogens is 160 g/mol. The lowest BCUT2D eigenvalue weighted by molar-refractivity contribution is 0.0988. The number of Topliss-reactive ketones (excluding diaryl/α,β-unsaturated/α-hetero) is 1. The summed E-state index contributed by atoms with van der Waals surface area (Å²) in [5.41, 5.74) is 1.97. The van der Waals surface area contributed by atoms with E-state index in [4.69, 9.17) is 0 Å².